The Morgan fingerprint density at radius 2 is 1.00 bits per heavy atom. The number of nitrogens with zero attached hydrogens (tertiary/aromatic N) is 1. The smallest absolute Gasteiger partial charge is 0.0546 e. The van der Waals surface area contributed by atoms with E-state index in [0.29, 0.717) is 0 Å². The number of hydrogen-bond donors (Lipinski definition) is 0. The topological polar surface area (TPSA) is 3.24 Å². The van der Waals surface area contributed by atoms with Crippen LogP contribution in [0.15, 0.2) is 164 Å². The Labute approximate surface area is 270 Å². The molecule has 1 aliphatic carbocycles. The van der Waals surface area contributed by atoms with Gasteiger partial charge in [-0.25, -0.2) is 0 Å². The molecule has 1 aliphatic rings. The van der Waals surface area contributed by atoms with Gasteiger partial charge in [0.15, 0.2) is 0 Å². The van der Waals surface area contributed by atoms with Gasteiger partial charge in [0.05, 0.1) is 5.69 Å². The first kappa shape index (κ1) is 26.7. The summed E-state index contributed by atoms with van der Waals surface area (Å²) < 4.78 is 0. The first-order valence-electron chi connectivity index (χ1n) is 16.1. The van der Waals surface area contributed by atoms with Crippen molar-refractivity contribution in [1.29, 1.82) is 0 Å². The molecule has 9 rings (SSSR count). The third-order valence-electron chi connectivity index (χ3n) is 10.0. The van der Waals surface area contributed by atoms with Crippen molar-refractivity contribution in [3.8, 4) is 22.3 Å². The van der Waals surface area contributed by atoms with E-state index in [1.807, 2.05) is 0 Å². The number of anilines is 3. The lowest BCUT2D eigenvalue weighted by atomic mass is 9.81. The van der Waals surface area contributed by atoms with Crippen LogP contribution in [-0.4, -0.2) is 0 Å². The highest BCUT2D eigenvalue weighted by molar-refractivity contribution is 6.11. The van der Waals surface area contributed by atoms with Crippen LogP contribution in [-0.2, 0) is 5.41 Å². The molecular weight excluding hydrogens is 555 g/mol. The standard InChI is InChI=1S/C45H33N/c1-45(2)41-28-33-16-7-6-15-32(33)27-40(41)38-25-24-35(29-42(38)45)46(34-18-4-3-5-19-34)43-26-23-31-14-9-11-21-37(31)44(43)39-22-12-17-30-13-8-10-20-36(30)39/h3-29H,1-2H3. The van der Waals surface area contributed by atoms with E-state index in [1.54, 1.807) is 0 Å². The molecule has 0 N–H and O–H groups in total. The fraction of sp³-hybridized carbons (Fsp3) is 0.0667. The van der Waals surface area contributed by atoms with Crippen LogP contribution in [0, 0.1) is 0 Å². The highest BCUT2D eigenvalue weighted by Crippen LogP contribution is 2.53. The predicted molar refractivity (Wildman–Crippen MR) is 197 cm³/mol. The van der Waals surface area contributed by atoms with Gasteiger partial charge < -0.3 is 4.90 Å². The van der Waals surface area contributed by atoms with E-state index in [2.05, 4.69) is 183 Å². The molecular formula is C45H33N. The molecule has 0 aromatic heterocycles. The van der Waals surface area contributed by atoms with Crippen LogP contribution >= 0.6 is 0 Å². The molecule has 0 amide bonds. The zero-order chi connectivity index (χ0) is 30.8. The first-order valence-corrected chi connectivity index (χ1v) is 16.1. The van der Waals surface area contributed by atoms with Crippen LogP contribution in [0.5, 0.6) is 0 Å². The third-order valence-corrected chi connectivity index (χ3v) is 10.0. The second-order valence-corrected chi connectivity index (χ2v) is 13.0. The average Bonchev–Trinajstić information content (AvgIpc) is 3.32. The van der Waals surface area contributed by atoms with Crippen LogP contribution in [0.2, 0.25) is 0 Å². The monoisotopic (exact) mass is 587 g/mol. The molecule has 1 nitrogen and oxygen atoms in total. The summed E-state index contributed by atoms with van der Waals surface area (Å²) in [6, 6.07) is 60.2. The highest BCUT2D eigenvalue weighted by atomic mass is 15.1. The number of hydrogen-bond acceptors (Lipinski definition) is 1. The minimum Gasteiger partial charge on any atom is -0.310 e. The van der Waals surface area contributed by atoms with E-state index < -0.39 is 0 Å². The summed E-state index contributed by atoms with van der Waals surface area (Å²) in [7, 11) is 0. The Morgan fingerprint density at radius 1 is 0.391 bits per heavy atom. The zero-order valence-electron chi connectivity index (χ0n) is 26.0. The molecule has 0 bridgehead atoms. The molecule has 0 saturated heterocycles. The largest absolute Gasteiger partial charge is 0.310 e. The van der Waals surface area contributed by atoms with Crippen molar-refractivity contribution < 1.29 is 0 Å². The van der Waals surface area contributed by atoms with Gasteiger partial charge in [-0.2, -0.15) is 0 Å². The van der Waals surface area contributed by atoms with Gasteiger partial charge in [-0.15, -0.1) is 0 Å². The second kappa shape index (κ2) is 10.2. The van der Waals surface area contributed by atoms with Crippen LogP contribution in [0.4, 0.5) is 17.1 Å². The normalized spacial score (nSPS) is 13.2. The van der Waals surface area contributed by atoms with Gasteiger partial charge in [0.25, 0.3) is 0 Å². The average molecular weight is 588 g/mol. The first-order chi connectivity index (χ1) is 22.6. The summed E-state index contributed by atoms with van der Waals surface area (Å²) >= 11 is 0. The van der Waals surface area contributed by atoms with Gasteiger partial charge >= 0.3 is 0 Å². The van der Waals surface area contributed by atoms with E-state index in [4.69, 9.17) is 0 Å². The van der Waals surface area contributed by atoms with Gasteiger partial charge in [0.1, 0.15) is 0 Å². The molecule has 0 heterocycles. The molecule has 218 valence electrons. The van der Waals surface area contributed by atoms with Gasteiger partial charge in [0.2, 0.25) is 0 Å². The molecule has 0 saturated carbocycles. The number of para-hydroxylation sites is 1. The van der Waals surface area contributed by atoms with Crippen LogP contribution in [0.1, 0.15) is 25.0 Å². The van der Waals surface area contributed by atoms with Gasteiger partial charge in [-0.05, 0) is 103 Å². The molecule has 46 heavy (non-hydrogen) atoms. The quantitative estimate of drug-likeness (QED) is 0.198. The van der Waals surface area contributed by atoms with Crippen molar-refractivity contribution in [1.82, 2.24) is 0 Å². The van der Waals surface area contributed by atoms with Crippen molar-refractivity contribution in [3.05, 3.63) is 175 Å². The number of fused-ring (bicyclic) bond motifs is 6. The second-order valence-electron chi connectivity index (χ2n) is 13.0. The van der Waals surface area contributed by atoms with Gasteiger partial charge in [0, 0.05) is 22.4 Å². The van der Waals surface area contributed by atoms with Crippen molar-refractivity contribution in [2.45, 2.75) is 19.3 Å². The predicted octanol–water partition coefficient (Wildman–Crippen LogP) is 12.6. The number of rotatable bonds is 4. The molecule has 0 unspecified atom stereocenters. The number of benzene rings is 8. The minimum atomic E-state index is -0.130. The van der Waals surface area contributed by atoms with Crippen molar-refractivity contribution in [2.24, 2.45) is 0 Å². The van der Waals surface area contributed by atoms with Gasteiger partial charge in [-0.1, -0.05) is 135 Å². The zero-order valence-corrected chi connectivity index (χ0v) is 26.0. The summed E-state index contributed by atoms with van der Waals surface area (Å²) in [4.78, 5) is 2.46. The molecule has 0 atom stereocenters. The lowest BCUT2D eigenvalue weighted by Gasteiger charge is -2.30. The molecule has 0 radical (unpaired) electrons. The lowest BCUT2D eigenvalue weighted by Crippen LogP contribution is -2.17. The highest BCUT2D eigenvalue weighted by Gasteiger charge is 2.36. The summed E-state index contributed by atoms with van der Waals surface area (Å²) in [6.45, 7) is 4.75. The van der Waals surface area contributed by atoms with Crippen LogP contribution in [0.3, 0.4) is 0 Å². The Bertz CT molecular complexity index is 2450. The summed E-state index contributed by atoms with van der Waals surface area (Å²) in [5.41, 5.74) is 11.3. The maximum atomic E-state index is 2.46. The molecule has 0 aliphatic heterocycles. The van der Waals surface area contributed by atoms with Gasteiger partial charge in [-0.3, -0.25) is 0 Å². The summed E-state index contributed by atoms with van der Waals surface area (Å²) in [5.74, 6) is 0. The van der Waals surface area contributed by atoms with E-state index in [-0.39, 0.29) is 5.41 Å². The molecule has 0 fully saturated rings. The fourth-order valence-corrected chi connectivity index (χ4v) is 7.73. The minimum absolute atomic E-state index is 0.130. The Hall–Kier alpha value is -5.66. The third kappa shape index (κ3) is 4.02. The maximum Gasteiger partial charge on any atom is 0.0546 e. The fourth-order valence-electron chi connectivity index (χ4n) is 7.73. The van der Waals surface area contributed by atoms with Crippen LogP contribution in [0.25, 0.3) is 54.6 Å². The Morgan fingerprint density at radius 3 is 1.78 bits per heavy atom. The van der Waals surface area contributed by atoms with E-state index in [0.717, 1.165) is 11.4 Å². The Balaban J connectivity index is 1.32. The summed E-state index contributed by atoms with van der Waals surface area (Å²) in [6.07, 6.45) is 0. The van der Waals surface area contributed by atoms with Crippen molar-refractivity contribution in [3.63, 3.8) is 0 Å². The van der Waals surface area contributed by atoms with E-state index in [1.165, 1.54) is 71.4 Å². The molecule has 1 heteroatoms. The Kier molecular flexibility index (Phi) is 5.92. The van der Waals surface area contributed by atoms with Crippen LogP contribution < -0.4 is 4.90 Å². The maximum absolute atomic E-state index is 2.46. The molecule has 8 aromatic rings. The van der Waals surface area contributed by atoms with Crippen molar-refractivity contribution >= 4 is 49.4 Å². The molecule has 0 spiro atoms. The van der Waals surface area contributed by atoms with E-state index >= 15 is 0 Å². The molecule has 8 aromatic carbocycles. The SMILES string of the molecule is CC1(C)c2cc(N(c3ccccc3)c3ccc4ccccc4c3-c3cccc4ccccc34)ccc2-c2cc3ccccc3cc21. The summed E-state index contributed by atoms with van der Waals surface area (Å²) in [5, 5.41) is 7.57. The van der Waals surface area contributed by atoms with E-state index in [9.17, 15) is 0 Å². The van der Waals surface area contributed by atoms with Crippen molar-refractivity contribution in [2.75, 3.05) is 4.90 Å². The lowest BCUT2D eigenvalue weighted by molar-refractivity contribution is 0.661.